The number of rotatable bonds is 2. The van der Waals surface area contributed by atoms with Crippen LogP contribution in [0.2, 0.25) is 0 Å². The minimum atomic E-state index is -0.0336. The van der Waals surface area contributed by atoms with Gasteiger partial charge in [0.2, 0.25) is 0 Å². The molecule has 0 aliphatic carbocycles. The first-order valence-corrected chi connectivity index (χ1v) is 5.43. The van der Waals surface area contributed by atoms with Crippen molar-refractivity contribution in [3.8, 4) is 0 Å². The van der Waals surface area contributed by atoms with Crippen molar-refractivity contribution in [2.45, 2.75) is 4.90 Å². The van der Waals surface area contributed by atoms with Gasteiger partial charge >= 0.3 is 0 Å². The number of amides is 1. The molecule has 0 spiro atoms. The zero-order valence-corrected chi connectivity index (χ0v) is 8.24. The summed E-state index contributed by atoms with van der Waals surface area (Å²) in [7, 11) is 0. The van der Waals surface area contributed by atoms with Gasteiger partial charge in [-0.25, -0.2) is 0 Å². The number of nitrogens with one attached hydrogen (secondary N) is 1. The number of hydrogen-bond donors (Lipinski definition) is 1. The van der Waals surface area contributed by atoms with Crippen molar-refractivity contribution in [3.05, 3.63) is 30.3 Å². The first-order chi connectivity index (χ1) is 5.83. The van der Waals surface area contributed by atoms with Crippen molar-refractivity contribution < 1.29 is 4.79 Å². The highest BCUT2D eigenvalue weighted by Crippen LogP contribution is 2.17. The van der Waals surface area contributed by atoms with Gasteiger partial charge in [0.15, 0.2) is 0 Å². The highest BCUT2D eigenvalue weighted by molar-refractivity contribution is 8.15. The summed E-state index contributed by atoms with van der Waals surface area (Å²) in [6, 6.07) is 9.56. The Morgan fingerprint density at radius 1 is 1.33 bits per heavy atom. The van der Waals surface area contributed by atoms with E-state index < -0.39 is 0 Å². The predicted octanol–water partition coefficient (Wildman–Crippen LogP) is 2.77. The van der Waals surface area contributed by atoms with Crippen LogP contribution in [-0.2, 0) is 0 Å². The molecule has 0 fully saturated rings. The molecule has 0 aromatic heterocycles. The van der Waals surface area contributed by atoms with E-state index in [1.807, 2.05) is 36.6 Å². The Balaban J connectivity index is 2.47. The Hall–Kier alpha value is -0.610. The Labute approximate surface area is 80.3 Å². The smallest absolute Gasteiger partial charge is 0.291 e. The summed E-state index contributed by atoms with van der Waals surface area (Å²) >= 11 is 2.51. The average molecular weight is 199 g/mol. The monoisotopic (exact) mass is 199 g/mol. The average Bonchev–Trinajstić information content (AvgIpc) is 2.06. The maximum absolute atomic E-state index is 11.0. The molecule has 0 aliphatic rings. The second-order valence-corrected chi connectivity index (χ2v) is 3.67. The standard InChI is InChI=1S/C8H9NOS2/c1-11-9-8(10)12-7-5-3-2-4-6-7/h2-6H,1H3,(H,9,10). The molecule has 12 heavy (non-hydrogen) atoms. The minimum absolute atomic E-state index is 0.0336. The maximum Gasteiger partial charge on any atom is 0.293 e. The van der Waals surface area contributed by atoms with Gasteiger partial charge in [0.1, 0.15) is 0 Å². The van der Waals surface area contributed by atoms with Crippen molar-refractivity contribution in [1.29, 1.82) is 0 Å². The third-order valence-corrected chi connectivity index (χ3v) is 2.45. The van der Waals surface area contributed by atoms with Gasteiger partial charge in [0.05, 0.1) is 0 Å². The van der Waals surface area contributed by atoms with Crippen molar-refractivity contribution in [2.75, 3.05) is 6.26 Å². The fourth-order valence-electron chi connectivity index (χ4n) is 0.700. The second kappa shape index (κ2) is 5.11. The van der Waals surface area contributed by atoms with E-state index >= 15 is 0 Å². The lowest BCUT2D eigenvalue weighted by Gasteiger charge is -1.99. The number of thioether (sulfide) groups is 1. The molecule has 1 rings (SSSR count). The van der Waals surface area contributed by atoms with Gasteiger partial charge in [0, 0.05) is 11.2 Å². The van der Waals surface area contributed by atoms with Gasteiger partial charge in [-0.3, -0.25) is 9.52 Å². The van der Waals surface area contributed by atoms with Crippen LogP contribution in [0.3, 0.4) is 0 Å². The molecule has 0 saturated heterocycles. The minimum Gasteiger partial charge on any atom is -0.291 e. The predicted molar refractivity (Wildman–Crippen MR) is 54.3 cm³/mol. The SMILES string of the molecule is CSNC(=O)Sc1ccccc1. The van der Waals surface area contributed by atoms with Gasteiger partial charge in [-0.15, -0.1) is 0 Å². The van der Waals surface area contributed by atoms with E-state index in [1.165, 1.54) is 23.7 Å². The first kappa shape index (κ1) is 9.48. The zero-order valence-electron chi connectivity index (χ0n) is 6.61. The van der Waals surface area contributed by atoms with Crippen LogP contribution in [0.1, 0.15) is 0 Å². The van der Waals surface area contributed by atoms with Gasteiger partial charge in [0.25, 0.3) is 5.24 Å². The summed E-state index contributed by atoms with van der Waals surface area (Å²) < 4.78 is 2.63. The fraction of sp³-hybridized carbons (Fsp3) is 0.125. The van der Waals surface area contributed by atoms with E-state index in [2.05, 4.69) is 4.72 Å². The molecule has 0 aliphatic heterocycles. The lowest BCUT2D eigenvalue weighted by molar-refractivity contribution is 0.265. The Morgan fingerprint density at radius 2 is 2.00 bits per heavy atom. The molecule has 0 atom stereocenters. The van der Waals surface area contributed by atoms with Gasteiger partial charge in [-0.1, -0.05) is 30.1 Å². The first-order valence-electron chi connectivity index (χ1n) is 3.39. The van der Waals surface area contributed by atoms with E-state index in [0.29, 0.717) is 0 Å². The zero-order chi connectivity index (χ0) is 8.81. The molecule has 0 radical (unpaired) electrons. The largest absolute Gasteiger partial charge is 0.293 e. The summed E-state index contributed by atoms with van der Waals surface area (Å²) in [5.74, 6) is 0. The number of benzene rings is 1. The fourth-order valence-corrected chi connectivity index (χ4v) is 1.79. The van der Waals surface area contributed by atoms with E-state index in [1.54, 1.807) is 0 Å². The van der Waals surface area contributed by atoms with Gasteiger partial charge < -0.3 is 0 Å². The Kier molecular flexibility index (Phi) is 4.04. The van der Waals surface area contributed by atoms with E-state index in [4.69, 9.17) is 0 Å². The van der Waals surface area contributed by atoms with Crippen LogP contribution in [0.4, 0.5) is 4.79 Å². The maximum atomic E-state index is 11.0. The van der Waals surface area contributed by atoms with Crippen molar-refractivity contribution in [1.82, 2.24) is 4.72 Å². The quantitative estimate of drug-likeness (QED) is 0.586. The Bertz CT molecular complexity index is 250. The molecule has 0 heterocycles. The van der Waals surface area contributed by atoms with Crippen LogP contribution in [0.5, 0.6) is 0 Å². The van der Waals surface area contributed by atoms with E-state index in [-0.39, 0.29) is 5.24 Å². The molecule has 2 nitrogen and oxygen atoms in total. The normalized spacial score (nSPS) is 9.42. The second-order valence-electron chi connectivity index (χ2n) is 2.01. The summed E-state index contributed by atoms with van der Waals surface area (Å²) in [4.78, 5) is 12.0. The molecule has 1 amide bonds. The Morgan fingerprint density at radius 3 is 2.58 bits per heavy atom. The summed E-state index contributed by atoms with van der Waals surface area (Å²) in [5.41, 5.74) is 0. The third-order valence-electron chi connectivity index (χ3n) is 1.14. The number of carbonyl (C=O) groups is 1. The highest BCUT2D eigenvalue weighted by atomic mass is 32.2. The molecule has 1 N–H and O–H groups in total. The van der Waals surface area contributed by atoms with Crippen molar-refractivity contribution in [2.24, 2.45) is 0 Å². The van der Waals surface area contributed by atoms with Gasteiger partial charge in [-0.2, -0.15) is 0 Å². The van der Waals surface area contributed by atoms with Crippen molar-refractivity contribution in [3.63, 3.8) is 0 Å². The third kappa shape index (κ3) is 3.19. The lowest BCUT2D eigenvalue weighted by Crippen LogP contribution is -2.07. The van der Waals surface area contributed by atoms with Crippen LogP contribution in [0.15, 0.2) is 35.2 Å². The summed E-state index contributed by atoms with van der Waals surface area (Å²) in [6.45, 7) is 0. The lowest BCUT2D eigenvalue weighted by atomic mass is 10.4. The van der Waals surface area contributed by atoms with Crippen LogP contribution in [0.25, 0.3) is 0 Å². The molecule has 0 unspecified atom stereocenters. The molecule has 0 bridgehead atoms. The molecule has 0 saturated carbocycles. The van der Waals surface area contributed by atoms with Crippen LogP contribution in [0, 0.1) is 0 Å². The van der Waals surface area contributed by atoms with Crippen LogP contribution < -0.4 is 4.72 Å². The summed E-state index contributed by atoms with van der Waals surface area (Å²) in [5, 5.41) is -0.0336. The molecule has 1 aromatic carbocycles. The molecular weight excluding hydrogens is 190 g/mol. The van der Waals surface area contributed by atoms with E-state index in [0.717, 1.165) is 4.90 Å². The molecule has 1 aromatic rings. The van der Waals surface area contributed by atoms with Crippen LogP contribution >= 0.6 is 23.7 Å². The number of carbonyl (C=O) groups excluding carboxylic acids is 1. The van der Waals surface area contributed by atoms with E-state index in [9.17, 15) is 4.79 Å². The molecule has 64 valence electrons. The highest BCUT2D eigenvalue weighted by Gasteiger charge is 2.00. The number of hydrogen-bond acceptors (Lipinski definition) is 3. The van der Waals surface area contributed by atoms with Crippen molar-refractivity contribution >= 4 is 28.9 Å². The molecular formula is C8H9NOS2. The van der Waals surface area contributed by atoms with Gasteiger partial charge in [-0.05, 0) is 23.9 Å². The van der Waals surface area contributed by atoms with Crippen LogP contribution in [-0.4, -0.2) is 11.5 Å². The molecule has 4 heteroatoms. The topological polar surface area (TPSA) is 29.1 Å². The summed E-state index contributed by atoms with van der Waals surface area (Å²) in [6.07, 6.45) is 1.82.